The van der Waals surface area contributed by atoms with Crippen LogP contribution in [0.3, 0.4) is 0 Å². The van der Waals surface area contributed by atoms with Crippen molar-refractivity contribution in [3.63, 3.8) is 0 Å². The molecule has 5 nitrogen and oxygen atoms in total. The van der Waals surface area contributed by atoms with E-state index in [1.165, 1.54) is 11.3 Å². The molecule has 1 saturated carbocycles. The number of nitrogens with zero attached hydrogens (tertiary/aromatic N) is 3. The highest BCUT2D eigenvalue weighted by atomic mass is 32.1. The number of aliphatic hydroxyl groups excluding tert-OH is 1. The molecule has 1 fully saturated rings. The Hall–Kier alpha value is -1.14. The van der Waals surface area contributed by atoms with Crippen molar-refractivity contribution >= 4 is 22.4 Å². The minimum Gasteiger partial charge on any atom is -0.391 e. The van der Waals surface area contributed by atoms with Gasteiger partial charge in [-0.25, -0.2) is 4.98 Å². The number of carbonyl (C=O) groups excluding carboxylic acids is 1. The molecule has 0 saturated heterocycles. The van der Waals surface area contributed by atoms with Gasteiger partial charge in [-0.3, -0.25) is 4.79 Å². The normalized spacial score (nSPS) is 16.3. The molecule has 1 aliphatic carbocycles. The molecular weight excluding hydrogens is 262 g/mol. The lowest BCUT2D eigenvalue weighted by Crippen LogP contribution is -2.35. The summed E-state index contributed by atoms with van der Waals surface area (Å²) in [7, 11) is 5.56. The first-order chi connectivity index (χ1) is 8.90. The summed E-state index contributed by atoms with van der Waals surface area (Å²) in [6.45, 7) is 2.25. The second-order valence-corrected chi connectivity index (χ2v) is 6.37. The number of thiazole rings is 1. The lowest BCUT2D eigenvalue weighted by molar-refractivity contribution is 0.0649. The molecule has 106 valence electrons. The van der Waals surface area contributed by atoms with Crippen LogP contribution in [0.15, 0.2) is 0 Å². The van der Waals surface area contributed by atoms with Gasteiger partial charge < -0.3 is 14.9 Å². The first kappa shape index (κ1) is 14.3. The Morgan fingerprint density at radius 1 is 1.47 bits per heavy atom. The molecule has 1 unspecified atom stereocenters. The van der Waals surface area contributed by atoms with Gasteiger partial charge in [-0.15, -0.1) is 0 Å². The number of rotatable bonds is 5. The lowest BCUT2D eigenvalue weighted by Gasteiger charge is -2.20. The predicted octanol–water partition coefficient (Wildman–Crippen LogP) is 1.36. The van der Waals surface area contributed by atoms with Gasteiger partial charge in [0.05, 0.1) is 11.8 Å². The molecule has 2 rings (SSSR count). The zero-order valence-corrected chi connectivity index (χ0v) is 12.7. The number of hydrogen-bond acceptors (Lipinski definition) is 5. The molecule has 0 aliphatic heterocycles. The van der Waals surface area contributed by atoms with Gasteiger partial charge in [0, 0.05) is 27.7 Å². The smallest absolute Gasteiger partial charge is 0.265 e. The molecule has 0 aromatic carbocycles. The van der Waals surface area contributed by atoms with E-state index in [1.54, 1.807) is 11.9 Å². The number of aromatic nitrogens is 1. The van der Waals surface area contributed by atoms with Crippen molar-refractivity contribution < 1.29 is 9.90 Å². The monoisotopic (exact) mass is 283 g/mol. The maximum absolute atomic E-state index is 12.3. The number of carbonyl (C=O) groups is 1. The van der Waals surface area contributed by atoms with E-state index in [4.69, 9.17) is 0 Å². The standard InChI is InChI=1S/C13H21N3O2S/c1-8-11(19-13(14-8)15(2)3)12(18)16(4)7-10(17)9-5-6-9/h9-10,17H,5-7H2,1-4H3. The second-order valence-electron chi connectivity index (χ2n) is 5.40. The molecular formula is C13H21N3O2S. The van der Waals surface area contributed by atoms with Gasteiger partial charge in [0.2, 0.25) is 0 Å². The second kappa shape index (κ2) is 5.46. The topological polar surface area (TPSA) is 56.7 Å². The molecule has 19 heavy (non-hydrogen) atoms. The van der Waals surface area contributed by atoms with E-state index < -0.39 is 6.10 Å². The zero-order valence-electron chi connectivity index (χ0n) is 11.9. The number of aliphatic hydroxyl groups is 1. The highest BCUT2D eigenvalue weighted by Crippen LogP contribution is 2.33. The number of amides is 1. The average Bonchev–Trinajstić information content (AvgIpc) is 3.11. The summed E-state index contributed by atoms with van der Waals surface area (Å²) >= 11 is 1.40. The maximum Gasteiger partial charge on any atom is 0.265 e. The van der Waals surface area contributed by atoms with Gasteiger partial charge in [0.25, 0.3) is 5.91 Å². The van der Waals surface area contributed by atoms with E-state index in [9.17, 15) is 9.90 Å². The summed E-state index contributed by atoms with van der Waals surface area (Å²) in [5.41, 5.74) is 0.756. The highest BCUT2D eigenvalue weighted by molar-refractivity contribution is 7.17. The summed E-state index contributed by atoms with van der Waals surface area (Å²) < 4.78 is 0. The molecule has 1 heterocycles. The zero-order chi connectivity index (χ0) is 14.2. The molecule has 1 aromatic heterocycles. The number of aryl methyl sites for hydroxylation is 1. The van der Waals surface area contributed by atoms with Gasteiger partial charge in [-0.2, -0.15) is 0 Å². The van der Waals surface area contributed by atoms with Crippen molar-refractivity contribution in [1.82, 2.24) is 9.88 Å². The number of likely N-dealkylation sites (N-methyl/N-ethyl adjacent to an activating group) is 1. The third-order valence-corrected chi connectivity index (χ3v) is 4.65. The van der Waals surface area contributed by atoms with Crippen LogP contribution in [-0.4, -0.2) is 54.7 Å². The summed E-state index contributed by atoms with van der Waals surface area (Å²) in [6.07, 6.45) is 1.76. The molecule has 1 aliphatic rings. The van der Waals surface area contributed by atoms with E-state index in [0.29, 0.717) is 17.3 Å². The first-order valence-corrected chi connectivity index (χ1v) is 7.30. The van der Waals surface area contributed by atoms with E-state index >= 15 is 0 Å². The molecule has 0 spiro atoms. The molecule has 0 radical (unpaired) electrons. The van der Waals surface area contributed by atoms with Crippen molar-refractivity contribution in [3.8, 4) is 0 Å². The van der Waals surface area contributed by atoms with Crippen LogP contribution in [0.2, 0.25) is 0 Å². The van der Waals surface area contributed by atoms with Crippen LogP contribution in [0, 0.1) is 12.8 Å². The number of hydrogen-bond donors (Lipinski definition) is 1. The molecule has 1 aromatic rings. The fourth-order valence-electron chi connectivity index (χ4n) is 1.94. The summed E-state index contributed by atoms with van der Waals surface area (Å²) in [6, 6.07) is 0. The Morgan fingerprint density at radius 3 is 2.58 bits per heavy atom. The Morgan fingerprint density at radius 2 is 2.11 bits per heavy atom. The minimum absolute atomic E-state index is 0.0530. The van der Waals surface area contributed by atoms with Gasteiger partial charge in [0.15, 0.2) is 5.13 Å². The Kier molecular flexibility index (Phi) is 4.10. The fourth-order valence-corrected chi connectivity index (χ4v) is 2.92. The van der Waals surface area contributed by atoms with E-state index in [1.807, 2.05) is 25.9 Å². The Labute approximate surface area is 117 Å². The van der Waals surface area contributed by atoms with Gasteiger partial charge in [-0.1, -0.05) is 11.3 Å². The lowest BCUT2D eigenvalue weighted by atomic mass is 10.2. The average molecular weight is 283 g/mol. The first-order valence-electron chi connectivity index (χ1n) is 6.48. The van der Waals surface area contributed by atoms with Crippen LogP contribution in [0.1, 0.15) is 28.2 Å². The van der Waals surface area contributed by atoms with E-state index in [0.717, 1.165) is 23.7 Å². The maximum atomic E-state index is 12.3. The third-order valence-electron chi connectivity index (χ3n) is 3.34. The summed E-state index contributed by atoms with van der Waals surface area (Å²) in [5.74, 6) is 0.331. The summed E-state index contributed by atoms with van der Waals surface area (Å²) in [4.78, 5) is 20.9. The summed E-state index contributed by atoms with van der Waals surface area (Å²) in [5, 5.41) is 10.7. The SMILES string of the molecule is Cc1nc(N(C)C)sc1C(=O)N(C)CC(O)C1CC1. The van der Waals surface area contributed by atoms with Crippen molar-refractivity contribution in [2.24, 2.45) is 5.92 Å². The van der Waals surface area contributed by atoms with Crippen LogP contribution in [0.25, 0.3) is 0 Å². The third kappa shape index (κ3) is 3.25. The van der Waals surface area contributed by atoms with E-state index in [2.05, 4.69) is 4.98 Å². The fraction of sp³-hybridized carbons (Fsp3) is 0.692. The molecule has 0 bridgehead atoms. The highest BCUT2D eigenvalue weighted by Gasteiger charge is 2.31. The quantitative estimate of drug-likeness (QED) is 0.886. The van der Waals surface area contributed by atoms with Crippen LogP contribution in [-0.2, 0) is 0 Å². The Bertz CT molecular complexity index is 468. The van der Waals surface area contributed by atoms with Crippen LogP contribution in [0.4, 0.5) is 5.13 Å². The molecule has 1 amide bonds. The van der Waals surface area contributed by atoms with Crippen molar-refractivity contribution in [2.75, 3.05) is 32.6 Å². The van der Waals surface area contributed by atoms with E-state index in [-0.39, 0.29) is 5.91 Å². The van der Waals surface area contributed by atoms with Crippen LogP contribution >= 0.6 is 11.3 Å². The molecule has 1 atom stereocenters. The van der Waals surface area contributed by atoms with Crippen molar-refractivity contribution in [1.29, 1.82) is 0 Å². The molecule has 1 N–H and O–H groups in total. The molecule has 6 heteroatoms. The van der Waals surface area contributed by atoms with Crippen molar-refractivity contribution in [2.45, 2.75) is 25.9 Å². The van der Waals surface area contributed by atoms with Crippen molar-refractivity contribution in [3.05, 3.63) is 10.6 Å². The van der Waals surface area contributed by atoms with Crippen LogP contribution < -0.4 is 4.90 Å². The van der Waals surface area contributed by atoms with Gasteiger partial charge >= 0.3 is 0 Å². The van der Waals surface area contributed by atoms with Gasteiger partial charge in [-0.05, 0) is 25.7 Å². The number of anilines is 1. The Balaban J connectivity index is 2.05. The minimum atomic E-state index is -0.393. The largest absolute Gasteiger partial charge is 0.391 e. The van der Waals surface area contributed by atoms with Gasteiger partial charge in [0.1, 0.15) is 4.88 Å². The van der Waals surface area contributed by atoms with Crippen LogP contribution in [0.5, 0.6) is 0 Å². The predicted molar refractivity (Wildman–Crippen MR) is 76.9 cm³/mol.